The van der Waals surface area contributed by atoms with Crippen LogP contribution in [0.5, 0.6) is 0 Å². The lowest BCUT2D eigenvalue weighted by molar-refractivity contribution is 0.601. The number of sulfone groups is 1. The van der Waals surface area contributed by atoms with E-state index in [9.17, 15) is 16.8 Å². The summed E-state index contributed by atoms with van der Waals surface area (Å²) in [4.78, 5) is 0. The molecule has 0 aromatic heterocycles. The summed E-state index contributed by atoms with van der Waals surface area (Å²) in [5.74, 6) is 1.03. The van der Waals surface area contributed by atoms with E-state index in [2.05, 4.69) is 13.8 Å². The predicted molar refractivity (Wildman–Crippen MR) is 119 cm³/mol. The maximum Gasteiger partial charge on any atom is 0.152 e. The average molecular weight is 441 g/mol. The quantitative estimate of drug-likeness (QED) is 0.334. The van der Waals surface area contributed by atoms with Crippen LogP contribution in [-0.2, 0) is 31.4 Å². The number of unbranched alkanes of at least 4 members (excludes halogenated alkanes) is 10. The fourth-order valence-electron chi connectivity index (χ4n) is 3.63. The fraction of sp³-hybridized carbons (Fsp3) is 1.00. The number of hydrogen-bond acceptors (Lipinski definition) is 4. The van der Waals surface area contributed by atoms with E-state index in [1.165, 1.54) is 38.5 Å². The molecule has 0 aromatic carbocycles. The first-order valence-corrected chi connectivity index (χ1v) is 15.4. The summed E-state index contributed by atoms with van der Waals surface area (Å²) in [6.07, 6.45) is 13.5. The Morgan fingerprint density at radius 2 is 0.963 bits per heavy atom. The van der Waals surface area contributed by atoms with E-state index in [1.54, 1.807) is 0 Å². The van der Waals surface area contributed by atoms with Gasteiger partial charge in [-0.15, -0.1) is 0 Å². The van der Waals surface area contributed by atoms with Crippen molar-refractivity contribution >= 4 is 31.4 Å². The summed E-state index contributed by atoms with van der Waals surface area (Å²) in [5.41, 5.74) is 0. The molecule has 1 saturated heterocycles. The normalized spacial score (nSPS) is 24.1. The summed E-state index contributed by atoms with van der Waals surface area (Å²) in [6, 6.07) is 0. The second-order valence-electron chi connectivity index (χ2n) is 7.86. The largest absolute Gasteiger partial charge is 0.259 e. The Balaban J connectivity index is 2.41. The van der Waals surface area contributed by atoms with Crippen LogP contribution in [0.3, 0.4) is 0 Å². The summed E-state index contributed by atoms with van der Waals surface area (Å²) < 4.78 is 49.6. The van der Waals surface area contributed by atoms with Crippen LogP contribution >= 0.6 is 0 Å². The maximum absolute atomic E-state index is 12.7. The van der Waals surface area contributed by atoms with E-state index in [1.807, 2.05) is 0 Å². The minimum absolute atomic E-state index is 0.0393. The summed E-state index contributed by atoms with van der Waals surface area (Å²) in [6.45, 7) is 4.36. The highest BCUT2D eigenvalue weighted by molar-refractivity contribution is 7.97. The third-order valence-electron chi connectivity index (χ3n) is 5.32. The van der Waals surface area contributed by atoms with Crippen molar-refractivity contribution in [3.05, 3.63) is 0 Å². The molecular weight excluding hydrogens is 400 g/mol. The Morgan fingerprint density at radius 1 is 0.630 bits per heavy atom. The van der Waals surface area contributed by atoms with Crippen molar-refractivity contribution in [2.24, 2.45) is 0 Å². The van der Waals surface area contributed by atoms with Crippen molar-refractivity contribution in [1.82, 2.24) is 0 Å². The van der Waals surface area contributed by atoms with Gasteiger partial charge in [0, 0.05) is 33.1 Å². The highest BCUT2D eigenvalue weighted by Gasteiger charge is 2.43. The van der Waals surface area contributed by atoms with E-state index < -0.39 is 41.9 Å². The number of rotatable bonds is 16. The van der Waals surface area contributed by atoms with Gasteiger partial charge < -0.3 is 0 Å². The van der Waals surface area contributed by atoms with Crippen LogP contribution in [0.4, 0.5) is 0 Å². The minimum atomic E-state index is -3.21. The summed E-state index contributed by atoms with van der Waals surface area (Å²) in [7, 11) is -5.57. The first kappa shape index (κ1) is 25.3. The fourth-order valence-corrected chi connectivity index (χ4v) is 11.1. The highest BCUT2D eigenvalue weighted by Crippen LogP contribution is 2.24. The molecule has 0 spiro atoms. The van der Waals surface area contributed by atoms with E-state index >= 15 is 0 Å². The zero-order chi connectivity index (χ0) is 20.1. The minimum Gasteiger partial charge on any atom is -0.259 e. The van der Waals surface area contributed by atoms with E-state index in [4.69, 9.17) is 0 Å². The topological polar surface area (TPSA) is 68.3 Å². The molecule has 0 N–H and O–H groups in total. The van der Waals surface area contributed by atoms with Crippen molar-refractivity contribution in [1.29, 1.82) is 0 Å². The van der Waals surface area contributed by atoms with Gasteiger partial charge >= 0.3 is 0 Å². The molecule has 0 aliphatic carbocycles. The molecule has 1 aliphatic heterocycles. The molecule has 4 nitrogen and oxygen atoms in total. The van der Waals surface area contributed by atoms with Gasteiger partial charge in [0.15, 0.2) is 9.84 Å². The standard InChI is InChI=1S/C20H40O4S3/c1-3-5-7-9-11-13-15-25(21)19-17-27(23,24)18-20(19)26(22)16-14-12-10-8-6-4-2/h19-20H,3-18H2,1-2H3/t19-,20+,25-,26+. The predicted octanol–water partition coefficient (Wildman–Crippen LogP) is 4.37. The Hall–Kier alpha value is 0.250. The molecule has 0 aromatic rings. The van der Waals surface area contributed by atoms with Gasteiger partial charge in [-0.05, 0) is 12.8 Å². The van der Waals surface area contributed by atoms with Gasteiger partial charge in [0.1, 0.15) is 0 Å². The Bertz CT molecular complexity index is 503. The van der Waals surface area contributed by atoms with E-state index in [-0.39, 0.29) is 11.5 Å². The molecule has 1 aliphatic rings. The van der Waals surface area contributed by atoms with Gasteiger partial charge in [-0.3, -0.25) is 8.42 Å². The van der Waals surface area contributed by atoms with Crippen LogP contribution in [0.15, 0.2) is 0 Å². The zero-order valence-electron chi connectivity index (χ0n) is 17.3. The molecule has 0 unspecified atom stereocenters. The molecule has 0 radical (unpaired) electrons. The van der Waals surface area contributed by atoms with Crippen molar-refractivity contribution in [3.63, 3.8) is 0 Å². The van der Waals surface area contributed by atoms with Crippen LogP contribution in [0, 0.1) is 0 Å². The van der Waals surface area contributed by atoms with Gasteiger partial charge in [0.25, 0.3) is 0 Å². The van der Waals surface area contributed by atoms with Gasteiger partial charge in [-0.25, -0.2) is 8.42 Å². The first-order valence-electron chi connectivity index (χ1n) is 10.9. The first-order chi connectivity index (χ1) is 12.9. The van der Waals surface area contributed by atoms with Crippen LogP contribution < -0.4 is 0 Å². The molecule has 1 rings (SSSR count). The molecule has 1 fully saturated rings. The van der Waals surface area contributed by atoms with Gasteiger partial charge in [0.05, 0.1) is 22.0 Å². The van der Waals surface area contributed by atoms with Crippen molar-refractivity contribution in [2.75, 3.05) is 23.0 Å². The lowest BCUT2D eigenvalue weighted by Gasteiger charge is -2.17. The third kappa shape index (κ3) is 10.6. The van der Waals surface area contributed by atoms with Crippen LogP contribution in [-0.4, -0.2) is 50.3 Å². The molecule has 0 bridgehead atoms. The van der Waals surface area contributed by atoms with Crippen LogP contribution in [0.1, 0.15) is 90.9 Å². The SMILES string of the molecule is CCCCCCCC[S@@](=O)[C@@H]1CS(=O)(=O)C[C@@H]1[S@@](=O)CCCCCCCC. The van der Waals surface area contributed by atoms with E-state index in [0.29, 0.717) is 11.5 Å². The van der Waals surface area contributed by atoms with Crippen molar-refractivity contribution in [3.8, 4) is 0 Å². The molecule has 27 heavy (non-hydrogen) atoms. The number of hydrogen-bond donors (Lipinski definition) is 0. The van der Waals surface area contributed by atoms with Crippen LogP contribution in [0.25, 0.3) is 0 Å². The molecule has 7 heteroatoms. The zero-order valence-corrected chi connectivity index (χ0v) is 19.8. The Kier molecular flexibility index (Phi) is 13.4. The third-order valence-corrected chi connectivity index (χ3v) is 11.4. The molecule has 162 valence electrons. The van der Waals surface area contributed by atoms with Gasteiger partial charge in [-0.1, -0.05) is 78.1 Å². The van der Waals surface area contributed by atoms with Crippen LogP contribution in [0.2, 0.25) is 0 Å². The second kappa shape index (κ2) is 14.3. The van der Waals surface area contributed by atoms with Gasteiger partial charge in [-0.2, -0.15) is 0 Å². The van der Waals surface area contributed by atoms with E-state index in [0.717, 1.165) is 38.5 Å². The molecule has 0 saturated carbocycles. The molecule has 4 atom stereocenters. The summed E-state index contributed by atoms with van der Waals surface area (Å²) in [5, 5.41) is -0.849. The maximum atomic E-state index is 12.7. The lowest BCUT2D eigenvalue weighted by Crippen LogP contribution is -2.34. The second-order valence-corrected chi connectivity index (χ2v) is 13.6. The Morgan fingerprint density at radius 3 is 1.33 bits per heavy atom. The van der Waals surface area contributed by atoms with Gasteiger partial charge in [0.2, 0.25) is 0 Å². The van der Waals surface area contributed by atoms with Crippen molar-refractivity contribution < 1.29 is 16.8 Å². The molecular formula is C20H40O4S3. The highest BCUT2D eigenvalue weighted by atomic mass is 32.2. The smallest absolute Gasteiger partial charge is 0.152 e. The molecule has 1 heterocycles. The Labute approximate surface area is 172 Å². The average Bonchev–Trinajstić information content (AvgIpc) is 2.96. The summed E-state index contributed by atoms with van der Waals surface area (Å²) >= 11 is 0. The lowest BCUT2D eigenvalue weighted by atomic mass is 10.1. The monoisotopic (exact) mass is 440 g/mol. The van der Waals surface area contributed by atoms with Crippen molar-refractivity contribution in [2.45, 2.75) is 101 Å². The molecule has 0 amide bonds.